The molecule has 0 saturated carbocycles. The zero-order valence-electron chi connectivity index (χ0n) is 8.60. The quantitative estimate of drug-likeness (QED) is 0.616. The molecule has 0 heterocycles. The number of hydrogen-bond acceptors (Lipinski definition) is 4. The Morgan fingerprint density at radius 3 is 2.93 bits per heavy atom. The third kappa shape index (κ3) is 4.25. The molecule has 1 aromatic rings. The first-order chi connectivity index (χ1) is 7.26. The predicted octanol–water partition coefficient (Wildman–Crippen LogP) is 2.06. The van der Waals surface area contributed by atoms with Gasteiger partial charge < -0.3 is 9.47 Å². The fraction of sp³-hybridized carbons (Fsp3) is 0.364. The first-order valence-electron chi connectivity index (χ1n) is 4.65. The Hall–Kier alpha value is -1.16. The van der Waals surface area contributed by atoms with Crippen LogP contribution in [0.5, 0.6) is 5.75 Å². The van der Waals surface area contributed by atoms with Crippen LogP contribution in [0.1, 0.15) is 12.0 Å². The molecule has 0 aromatic heterocycles. The molecule has 1 aromatic carbocycles. The molecule has 3 nitrogen and oxygen atoms in total. The molecule has 0 spiro atoms. The van der Waals surface area contributed by atoms with E-state index in [0.717, 1.165) is 11.3 Å². The fourth-order valence-electron chi connectivity index (χ4n) is 1.09. The molecule has 0 aliphatic heterocycles. The minimum Gasteiger partial charge on any atom is -0.497 e. The second-order valence-electron chi connectivity index (χ2n) is 2.99. The molecule has 82 valence electrons. The summed E-state index contributed by atoms with van der Waals surface area (Å²) < 4.78 is 10.1. The summed E-state index contributed by atoms with van der Waals surface area (Å²) in [7, 11) is 1.60. The first kappa shape index (κ1) is 11.9. The smallest absolute Gasteiger partial charge is 0.306 e. The van der Waals surface area contributed by atoms with Crippen LogP contribution >= 0.6 is 12.6 Å². The maximum absolute atomic E-state index is 11.1. The topological polar surface area (TPSA) is 35.5 Å². The molecule has 4 heteroatoms. The lowest BCUT2D eigenvalue weighted by atomic mass is 10.2. The molecule has 0 saturated heterocycles. The maximum Gasteiger partial charge on any atom is 0.306 e. The van der Waals surface area contributed by atoms with E-state index >= 15 is 0 Å². The molecule has 0 bridgehead atoms. The van der Waals surface area contributed by atoms with Gasteiger partial charge in [0.05, 0.1) is 13.5 Å². The highest BCUT2D eigenvalue weighted by Crippen LogP contribution is 2.13. The average Bonchev–Trinajstić information content (AvgIpc) is 2.27. The van der Waals surface area contributed by atoms with Crippen LogP contribution < -0.4 is 4.74 Å². The van der Waals surface area contributed by atoms with E-state index < -0.39 is 0 Å². The molecular formula is C11H14O3S. The lowest BCUT2D eigenvalue weighted by molar-refractivity contribution is -0.144. The molecule has 0 N–H and O–H groups in total. The lowest BCUT2D eigenvalue weighted by Gasteiger charge is -2.05. The summed E-state index contributed by atoms with van der Waals surface area (Å²) in [6.45, 7) is 0.282. The minimum absolute atomic E-state index is 0.229. The number of thiol groups is 1. The van der Waals surface area contributed by atoms with Gasteiger partial charge in [0.1, 0.15) is 12.4 Å². The number of rotatable bonds is 5. The zero-order chi connectivity index (χ0) is 11.1. The van der Waals surface area contributed by atoms with E-state index in [2.05, 4.69) is 12.6 Å². The molecule has 0 radical (unpaired) electrons. The normalized spacial score (nSPS) is 9.73. The zero-order valence-corrected chi connectivity index (χ0v) is 9.50. The van der Waals surface area contributed by atoms with Gasteiger partial charge in [-0.2, -0.15) is 12.6 Å². The summed E-state index contributed by atoms with van der Waals surface area (Å²) in [5.74, 6) is 1.04. The van der Waals surface area contributed by atoms with Crippen LogP contribution in [-0.4, -0.2) is 18.8 Å². The molecular weight excluding hydrogens is 212 g/mol. The molecule has 15 heavy (non-hydrogen) atoms. The second-order valence-corrected chi connectivity index (χ2v) is 3.43. The number of carbonyl (C=O) groups is 1. The Morgan fingerprint density at radius 2 is 2.27 bits per heavy atom. The van der Waals surface area contributed by atoms with Gasteiger partial charge in [-0.05, 0) is 17.7 Å². The van der Waals surface area contributed by atoms with Gasteiger partial charge in [0.2, 0.25) is 0 Å². The maximum atomic E-state index is 11.1. The van der Waals surface area contributed by atoms with Gasteiger partial charge in [0.25, 0.3) is 0 Å². The van der Waals surface area contributed by atoms with Crippen LogP contribution in [0.3, 0.4) is 0 Å². The Labute approximate surface area is 94.8 Å². The number of ether oxygens (including phenoxy) is 2. The van der Waals surface area contributed by atoms with Crippen molar-refractivity contribution in [2.75, 3.05) is 12.9 Å². The Kier molecular flexibility index (Phi) is 5.04. The molecule has 0 aliphatic rings. The van der Waals surface area contributed by atoms with Crippen molar-refractivity contribution in [2.24, 2.45) is 0 Å². The van der Waals surface area contributed by atoms with E-state index in [4.69, 9.17) is 9.47 Å². The second kappa shape index (κ2) is 6.35. The van der Waals surface area contributed by atoms with Crippen LogP contribution in [0.15, 0.2) is 24.3 Å². The van der Waals surface area contributed by atoms with Gasteiger partial charge in [-0.15, -0.1) is 0 Å². The van der Waals surface area contributed by atoms with Crippen LogP contribution in [0, 0.1) is 0 Å². The highest BCUT2D eigenvalue weighted by atomic mass is 32.1. The molecule has 0 atom stereocenters. The number of esters is 1. The average molecular weight is 226 g/mol. The van der Waals surface area contributed by atoms with Gasteiger partial charge in [0, 0.05) is 5.75 Å². The number of benzene rings is 1. The Bertz CT molecular complexity index is 325. The lowest BCUT2D eigenvalue weighted by Crippen LogP contribution is -2.04. The fourth-order valence-corrected chi connectivity index (χ4v) is 1.27. The summed E-state index contributed by atoms with van der Waals surface area (Å²) in [6, 6.07) is 7.43. The summed E-state index contributed by atoms with van der Waals surface area (Å²) in [6.07, 6.45) is 0.340. The van der Waals surface area contributed by atoms with Gasteiger partial charge >= 0.3 is 5.97 Å². The van der Waals surface area contributed by atoms with Gasteiger partial charge in [0.15, 0.2) is 0 Å². The van der Waals surface area contributed by atoms with E-state index in [1.54, 1.807) is 7.11 Å². The van der Waals surface area contributed by atoms with Crippen molar-refractivity contribution in [1.82, 2.24) is 0 Å². The van der Waals surface area contributed by atoms with Crippen LogP contribution in [0.25, 0.3) is 0 Å². The van der Waals surface area contributed by atoms with E-state index in [1.165, 1.54) is 0 Å². The van der Waals surface area contributed by atoms with Crippen molar-refractivity contribution in [3.63, 3.8) is 0 Å². The molecule has 0 fully saturated rings. The summed E-state index contributed by atoms with van der Waals surface area (Å²) in [4.78, 5) is 11.1. The summed E-state index contributed by atoms with van der Waals surface area (Å²) in [5, 5.41) is 0. The number of carbonyl (C=O) groups excluding carboxylic acids is 1. The first-order valence-corrected chi connectivity index (χ1v) is 5.29. The van der Waals surface area contributed by atoms with E-state index in [0.29, 0.717) is 12.2 Å². The van der Waals surface area contributed by atoms with Gasteiger partial charge in [-0.3, -0.25) is 4.79 Å². The summed E-state index contributed by atoms with van der Waals surface area (Å²) >= 11 is 3.95. The number of methoxy groups -OCH3 is 1. The van der Waals surface area contributed by atoms with Crippen molar-refractivity contribution in [3.8, 4) is 5.75 Å². The van der Waals surface area contributed by atoms with Crippen molar-refractivity contribution in [2.45, 2.75) is 13.0 Å². The van der Waals surface area contributed by atoms with Crippen LogP contribution in [0.4, 0.5) is 0 Å². The minimum atomic E-state index is -0.229. The monoisotopic (exact) mass is 226 g/mol. The van der Waals surface area contributed by atoms with Crippen molar-refractivity contribution >= 4 is 18.6 Å². The van der Waals surface area contributed by atoms with E-state index in [-0.39, 0.29) is 12.6 Å². The third-order valence-corrected chi connectivity index (χ3v) is 2.07. The standard InChI is InChI=1S/C11H14O3S/c1-13-10-4-2-3-9(7-10)8-14-11(12)5-6-15/h2-4,7,15H,5-6,8H2,1H3. The third-order valence-electron chi connectivity index (χ3n) is 1.85. The van der Waals surface area contributed by atoms with Crippen LogP contribution in [-0.2, 0) is 16.1 Å². The highest BCUT2D eigenvalue weighted by Gasteiger charge is 2.02. The van der Waals surface area contributed by atoms with Crippen molar-refractivity contribution < 1.29 is 14.3 Å². The predicted molar refractivity (Wildman–Crippen MR) is 61.3 cm³/mol. The molecule has 0 unspecified atom stereocenters. The molecule has 1 rings (SSSR count). The summed E-state index contributed by atoms with van der Waals surface area (Å²) in [5.41, 5.74) is 0.918. The van der Waals surface area contributed by atoms with Gasteiger partial charge in [-0.25, -0.2) is 0 Å². The Balaban J connectivity index is 2.46. The largest absolute Gasteiger partial charge is 0.497 e. The molecule has 0 aliphatic carbocycles. The Morgan fingerprint density at radius 1 is 1.47 bits per heavy atom. The van der Waals surface area contributed by atoms with Crippen molar-refractivity contribution in [1.29, 1.82) is 0 Å². The van der Waals surface area contributed by atoms with Gasteiger partial charge in [-0.1, -0.05) is 12.1 Å². The van der Waals surface area contributed by atoms with Crippen LogP contribution in [0.2, 0.25) is 0 Å². The highest BCUT2D eigenvalue weighted by molar-refractivity contribution is 7.80. The van der Waals surface area contributed by atoms with E-state index in [9.17, 15) is 4.79 Å². The molecule has 0 amide bonds. The number of hydrogen-bond donors (Lipinski definition) is 1. The van der Waals surface area contributed by atoms with Crippen molar-refractivity contribution in [3.05, 3.63) is 29.8 Å². The SMILES string of the molecule is COc1cccc(COC(=O)CCS)c1. The van der Waals surface area contributed by atoms with E-state index in [1.807, 2.05) is 24.3 Å².